The minimum atomic E-state index is -4.78. The summed E-state index contributed by atoms with van der Waals surface area (Å²) in [7, 11) is 0. The molecule has 0 heterocycles. The van der Waals surface area contributed by atoms with E-state index in [1.165, 1.54) is 18.2 Å². The van der Waals surface area contributed by atoms with E-state index in [4.69, 9.17) is 0 Å². The Kier molecular flexibility index (Phi) is 7.67. The topological polar surface area (TPSA) is 74.8 Å². The lowest BCUT2D eigenvalue weighted by Gasteiger charge is -2.14. The number of aliphatic imine (C=N–C) groups is 1. The molecule has 2 aromatic rings. The molecule has 2 aromatic carbocycles. The molecule has 3 N–H and O–H groups in total. The van der Waals surface area contributed by atoms with E-state index in [1.54, 1.807) is 30.3 Å². The fourth-order valence-electron chi connectivity index (χ4n) is 2.26. The number of halogens is 3. The van der Waals surface area contributed by atoms with Gasteiger partial charge >= 0.3 is 6.36 Å². The fraction of sp³-hybridized carbons (Fsp3) is 0.263. The molecule has 0 unspecified atom stereocenters. The normalized spacial score (nSPS) is 11.6. The van der Waals surface area contributed by atoms with Crippen molar-refractivity contribution in [3.05, 3.63) is 60.2 Å². The summed E-state index contributed by atoms with van der Waals surface area (Å²) in [4.78, 5) is 16.2. The molecule has 9 heteroatoms. The number of anilines is 1. The van der Waals surface area contributed by atoms with Crippen molar-refractivity contribution < 1.29 is 22.7 Å². The van der Waals surface area contributed by atoms with E-state index in [0.717, 1.165) is 0 Å². The van der Waals surface area contributed by atoms with Gasteiger partial charge in [0, 0.05) is 17.8 Å². The van der Waals surface area contributed by atoms with Gasteiger partial charge in [-0.15, -0.1) is 13.2 Å². The maximum Gasteiger partial charge on any atom is 0.573 e. The van der Waals surface area contributed by atoms with Crippen LogP contribution in [0.2, 0.25) is 0 Å². The van der Waals surface area contributed by atoms with Gasteiger partial charge in [-0.2, -0.15) is 0 Å². The van der Waals surface area contributed by atoms with E-state index in [-0.39, 0.29) is 30.3 Å². The first-order chi connectivity index (χ1) is 13.4. The van der Waals surface area contributed by atoms with Gasteiger partial charge in [0.1, 0.15) is 5.75 Å². The zero-order valence-corrected chi connectivity index (χ0v) is 15.2. The van der Waals surface area contributed by atoms with Crippen LogP contribution < -0.4 is 20.7 Å². The monoisotopic (exact) mass is 394 g/mol. The van der Waals surface area contributed by atoms with Gasteiger partial charge in [0.15, 0.2) is 5.96 Å². The second kappa shape index (κ2) is 10.2. The highest BCUT2D eigenvalue weighted by molar-refractivity contribution is 5.94. The van der Waals surface area contributed by atoms with Crippen LogP contribution in [0.1, 0.15) is 12.5 Å². The van der Waals surface area contributed by atoms with Gasteiger partial charge in [0.25, 0.3) is 0 Å². The number of rotatable bonds is 7. The molecule has 0 aliphatic heterocycles. The van der Waals surface area contributed by atoms with Gasteiger partial charge in [-0.05, 0) is 25.1 Å². The highest BCUT2D eigenvalue weighted by Gasteiger charge is 2.31. The summed E-state index contributed by atoms with van der Waals surface area (Å²) < 4.78 is 41.5. The average molecular weight is 394 g/mol. The molecule has 28 heavy (non-hydrogen) atoms. The molecule has 0 aliphatic rings. The fourth-order valence-corrected chi connectivity index (χ4v) is 2.26. The number of amides is 1. The van der Waals surface area contributed by atoms with Crippen molar-refractivity contribution in [1.29, 1.82) is 0 Å². The van der Waals surface area contributed by atoms with Crippen molar-refractivity contribution in [3.63, 3.8) is 0 Å². The number of benzene rings is 2. The molecule has 6 nitrogen and oxygen atoms in total. The highest BCUT2D eigenvalue weighted by Crippen LogP contribution is 2.26. The third kappa shape index (κ3) is 7.56. The summed E-state index contributed by atoms with van der Waals surface area (Å²) in [5, 5.41) is 8.50. The summed E-state index contributed by atoms with van der Waals surface area (Å²) in [6.45, 7) is 2.25. The SMILES string of the molecule is CCNC(=NCc1ccccc1OC(F)(F)F)NCC(=O)Nc1ccccc1. The summed E-state index contributed by atoms with van der Waals surface area (Å²) in [6, 6.07) is 14.7. The number of alkyl halides is 3. The van der Waals surface area contributed by atoms with Crippen molar-refractivity contribution in [1.82, 2.24) is 10.6 Å². The number of nitrogens with zero attached hydrogens (tertiary/aromatic N) is 1. The molecule has 150 valence electrons. The Bertz CT molecular complexity index is 795. The second-order valence-corrected chi connectivity index (χ2v) is 5.62. The molecule has 0 atom stereocenters. The maximum absolute atomic E-state index is 12.5. The number of nitrogens with one attached hydrogen (secondary N) is 3. The van der Waals surface area contributed by atoms with E-state index in [9.17, 15) is 18.0 Å². The Morgan fingerprint density at radius 3 is 2.39 bits per heavy atom. The van der Waals surface area contributed by atoms with E-state index < -0.39 is 6.36 Å². The lowest BCUT2D eigenvalue weighted by atomic mass is 10.2. The molecule has 0 aromatic heterocycles. The third-order valence-corrected chi connectivity index (χ3v) is 3.42. The number of carbonyl (C=O) groups is 1. The van der Waals surface area contributed by atoms with Crippen LogP contribution in [0.15, 0.2) is 59.6 Å². The quantitative estimate of drug-likeness (QED) is 0.498. The van der Waals surface area contributed by atoms with E-state index >= 15 is 0 Å². The van der Waals surface area contributed by atoms with Gasteiger partial charge in [0.2, 0.25) is 5.91 Å². The number of guanidine groups is 1. The van der Waals surface area contributed by atoms with Crippen LogP contribution >= 0.6 is 0 Å². The molecule has 0 fully saturated rings. The maximum atomic E-state index is 12.5. The van der Waals surface area contributed by atoms with Crippen LogP contribution in [0.25, 0.3) is 0 Å². The summed E-state index contributed by atoms with van der Waals surface area (Å²) >= 11 is 0. The molecule has 0 bridgehead atoms. The van der Waals surface area contributed by atoms with Crippen LogP contribution in [0, 0.1) is 0 Å². The molecular formula is C19H21F3N4O2. The van der Waals surface area contributed by atoms with Gasteiger partial charge < -0.3 is 20.7 Å². The van der Waals surface area contributed by atoms with Crippen LogP contribution in [-0.4, -0.2) is 31.3 Å². The second-order valence-electron chi connectivity index (χ2n) is 5.62. The van der Waals surface area contributed by atoms with Crippen LogP contribution in [-0.2, 0) is 11.3 Å². The van der Waals surface area contributed by atoms with E-state index in [1.807, 2.05) is 13.0 Å². The van der Waals surface area contributed by atoms with E-state index in [0.29, 0.717) is 18.2 Å². The lowest BCUT2D eigenvalue weighted by Crippen LogP contribution is -2.41. The van der Waals surface area contributed by atoms with Crippen molar-refractivity contribution in [2.75, 3.05) is 18.4 Å². The molecule has 2 rings (SSSR count). The Morgan fingerprint density at radius 2 is 1.71 bits per heavy atom. The Hall–Kier alpha value is -3.23. The molecule has 0 aliphatic carbocycles. The first kappa shape index (κ1) is 21.1. The first-order valence-corrected chi connectivity index (χ1v) is 8.58. The zero-order valence-electron chi connectivity index (χ0n) is 15.2. The van der Waals surface area contributed by atoms with Crippen LogP contribution in [0.5, 0.6) is 5.75 Å². The van der Waals surface area contributed by atoms with Crippen LogP contribution in [0.4, 0.5) is 18.9 Å². The van der Waals surface area contributed by atoms with E-state index in [2.05, 4.69) is 25.7 Å². The van der Waals surface area contributed by atoms with Crippen molar-refractivity contribution in [3.8, 4) is 5.75 Å². The first-order valence-electron chi connectivity index (χ1n) is 8.58. The summed E-state index contributed by atoms with van der Waals surface area (Å²) in [6.07, 6.45) is -4.78. The molecule has 0 saturated carbocycles. The third-order valence-electron chi connectivity index (χ3n) is 3.42. The lowest BCUT2D eigenvalue weighted by molar-refractivity contribution is -0.274. The minimum absolute atomic E-state index is 0.0537. The smallest absolute Gasteiger partial charge is 0.405 e. The van der Waals surface area contributed by atoms with Crippen molar-refractivity contribution in [2.45, 2.75) is 19.8 Å². The predicted molar refractivity (Wildman–Crippen MR) is 101 cm³/mol. The van der Waals surface area contributed by atoms with Gasteiger partial charge in [0.05, 0.1) is 13.1 Å². The number of ether oxygens (including phenoxy) is 1. The predicted octanol–water partition coefficient (Wildman–Crippen LogP) is 3.28. The van der Waals surface area contributed by atoms with Crippen molar-refractivity contribution >= 4 is 17.6 Å². The van der Waals surface area contributed by atoms with Gasteiger partial charge in [-0.1, -0.05) is 36.4 Å². The summed E-state index contributed by atoms with van der Waals surface area (Å²) in [5.74, 6) is -0.290. The van der Waals surface area contributed by atoms with Crippen molar-refractivity contribution in [2.24, 2.45) is 4.99 Å². The molecule has 0 saturated heterocycles. The highest BCUT2D eigenvalue weighted by atomic mass is 19.4. The number of para-hydroxylation sites is 2. The molecular weight excluding hydrogens is 373 g/mol. The van der Waals surface area contributed by atoms with Gasteiger partial charge in [-0.3, -0.25) is 4.79 Å². The number of carbonyl (C=O) groups excluding carboxylic acids is 1. The Balaban J connectivity index is 1.98. The Morgan fingerprint density at radius 1 is 1.04 bits per heavy atom. The average Bonchev–Trinajstić information content (AvgIpc) is 2.64. The van der Waals surface area contributed by atoms with Gasteiger partial charge in [-0.25, -0.2) is 4.99 Å². The standard InChI is InChI=1S/C19H21F3N4O2/c1-2-23-18(25-13-17(27)26-15-9-4-3-5-10-15)24-12-14-8-6-7-11-16(14)28-19(20,21)22/h3-11H,2,12-13H2,1H3,(H,26,27)(H2,23,24,25). The number of hydrogen-bond acceptors (Lipinski definition) is 3. The molecule has 0 radical (unpaired) electrons. The Labute approximate surface area is 160 Å². The molecule has 1 amide bonds. The summed E-state index contributed by atoms with van der Waals surface area (Å²) in [5.41, 5.74) is 0.931. The number of hydrogen-bond donors (Lipinski definition) is 3. The minimum Gasteiger partial charge on any atom is -0.405 e. The largest absolute Gasteiger partial charge is 0.573 e. The van der Waals surface area contributed by atoms with Crippen LogP contribution in [0.3, 0.4) is 0 Å². The zero-order chi connectivity index (χ0) is 20.4. The molecule has 0 spiro atoms.